The zero-order valence-corrected chi connectivity index (χ0v) is 9.62. The Kier molecular flexibility index (Phi) is 8.53. The predicted molar refractivity (Wildman–Crippen MR) is 60.4 cm³/mol. The lowest BCUT2D eigenvalue weighted by atomic mass is 10.3. The summed E-state index contributed by atoms with van der Waals surface area (Å²) >= 11 is 0. The Labute approximate surface area is 91.8 Å². The number of esters is 1. The average Bonchev–Trinajstić information content (AvgIpc) is 2.21. The van der Waals surface area contributed by atoms with E-state index in [2.05, 4.69) is 13.5 Å². The van der Waals surface area contributed by atoms with Gasteiger partial charge in [-0.25, -0.2) is 4.79 Å². The van der Waals surface area contributed by atoms with Gasteiger partial charge in [-0.2, -0.15) is 0 Å². The van der Waals surface area contributed by atoms with Crippen LogP contribution in [0.1, 0.15) is 33.1 Å². The minimum atomic E-state index is -0.337. The van der Waals surface area contributed by atoms with Crippen molar-refractivity contribution in [2.24, 2.45) is 0 Å². The van der Waals surface area contributed by atoms with Gasteiger partial charge < -0.3 is 9.47 Å². The molecule has 0 saturated heterocycles. The molecule has 3 nitrogen and oxygen atoms in total. The highest BCUT2D eigenvalue weighted by Crippen LogP contribution is 1.94. The summed E-state index contributed by atoms with van der Waals surface area (Å²) in [6.45, 7) is 8.19. The molecule has 0 aliphatic carbocycles. The van der Waals surface area contributed by atoms with Gasteiger partial charge in [-0.15, -0.1) is 0 Å². The Balaban J connectivity index is 3.25. The second-order valence-electron chi connectivity index (χ2n) is 3.30. The highest BCUT2D eigenvalue weighted by Gasteiger charge is 2.01. The van der Waals surface area contributed by atoms with Crippen LogP contribution in [0, 0.1) is 0 Å². The third kappa shape index (κ3) is 9.06. The molecule has 0 aliphatic heterocycles. The lowest BCUT2D eigenvalue weighted by molar-refractivity contribution is -0.139. The molecule has 0 unspecified atom stereocenters. The molecular weight excluding hydrogens is 192 g/mol. The molecule has 0 aromatic carbocycles. The number of allylic oxidation sites excluding steroid dienone is 1. The fraction of sp³-hybridized carbons (Fsp3) is 0.583. The molecule has 0 heterocycles. The molecule has 86 valence electrons. The third-order valence-electron chi connectivity index (χ3n) is 1.64. The summed E-state index contributed by atoms with van der Waals surface area (Å²) < 4.78 is 10.1. The second kappa shape index (κ2) is 9.31. The van der Waals surface area contributed by atoms with Gasteiger partial charge in [0.2, 0.25) is 0 Å². The van der Waals surface area contributed by atoms with E-state index < -0.39 is 0 Å². The molecule has 0 N–H and O–H groups in total. The van der Waals surface area contributed by atoms with E-state index in [0.29, 0.717) is 25.2 Å². The number of carbonyl (C=O) groups is 1. The SMILES string of the molecule is C=C(C)C(=O)OCCCOC=CCCC. The summed E-state index contributed by atoms with van der Waals surface area (Å²) in [5.41, 5.74) is 0.429. The van der Waals surface area contributed by atoms with Gasteiger partial charge in [0.1, 0.15) is 0 Å². The predicted octanol–water partition coefficient (Wildman–Crippen LogP) is 2.83. The molecule has 0 bridgehead atoms. The van der Waals surface area contributed by atoms with Crippen molar-refractivity contribution in [3.63, 3.8) is 0 Å². The number of hydrogen-bond acceptors (Lipinski definition) is 3. The summed E-state index contributed by atoms with van der Waals surface area (Å²) in [4.78, 5) is 10.9. The molecule has 0 aromatic rings. The van der Waals surface area contributed by atoms with Crippen LogP contribution in [0.4, 0.5) is 0 Å². The average molecular weight is 212 g/mol. The van der Waals surface area contributed by atoms with Crippen molar-refractivity contribution in [2.75, 3.05) is 13.2 Å². The maximum atomic E-state index is 10.9. The van der Waals surface area contributed by atoms with E-state index in [1.807, 2.05) is 6.08 Å². The first-order valence-electron chi connectivity index (χ1n) is 5.27. The van der Waals surface area contributed by atoms with Crippen LogP contribution in [0.25, 0.3) is 0 Å². The third-order valence-corrected chi connectivity index (χ3v) is 1.64. The van der Waals surface area contributed by atoms with Crippen LogP contribution in [-0.2, 0) is 14.3 Å². The summed E-state index contributed by atoms with van der Waals surface area (Å²) in [7, 11) is 0. The molecule has 0 saturated carbocycles. The minimum absolute atomic E-state index is 0.337. The number of unbranched alkanes of at least 4 members (excludes halogenated alkanes) is 1. The van der Waals surface area contributed by atoms with Gasteiger partial charge in [-0.3, -0.25) is 0 Å². The van der Waals surface area contributed by atoms with Gasteiger partial charge in [-0.1, -0.05) is 19.9 Å². The van der Waals surface area contributed by atoms with Crippen molar-refractivity contribution < 1.29 is 14.3 Å². The molecule has 0 spiro atoms. The molecule has 0 fully saturated rings. The molecular formula is C12H20O3. The summed E-state index contributed by atoms with van der Waals surface area (Å²) in [6, 6.07) is 0. The van der Waals surface area contributed by atoms with Crippen molar-refractivity contribution in [2.45, 2.75) is 33.1 Å². The largest absolute Gasteiger partial charge is 0.501 e. The normalized spacial score (nSPS) is 10.3. The summed E-state index contributed by atoms with van der Waals surface area (Å²) in [5.74, 6) is -0.337. The number of ether oxygens (including phenoxy) is 2. The van der Waals surface area contributed by atoms with Crippen molar-refractivity contribution >= 4 is 5.97 Å². The standard InChI is InChI=1S/C12H20O3/c1-4-5-6-8-14-9-7-10-15-12(13)11(2)3/h6,8H,2,4-5,7,9-10H2,1,3H3. The lowest BCUT2D eigenvalue weighted by Gasteiger charge is -2.03. The summed E-state index contributed by atoms with van der Waals surface area (Å²) in [6.07, 6.45) is 6.54. The van der Waals surface area contributed by atoms with Gasteiger partial charge in [0.05, 0.1) is 19.5 Å². The van der Waals surface area contributed by atoms with Gasteiger partial charge in [0, 0.05) is 12.0 Å². The van der Waals surface area contributed by atoms with Crippen LogP contribution in [0.2, 0.25) is 0 Å². The van der Waals surface area contributed by atoms with Crippen LogP contribution < -0.4 is 0 Å². The highest BCUT2D eigenvalue weighted by molar-refractivity contribution is 5.86. The molecule has 3 heteroatoms. The van der Waals surface area contributed by atoms with Crippen molar-refractivity contribution in [3.8, 4) is 0 Å². The molecule has 0 atom stereocenters. The first-order valence-corrected chi connectivity index (χ1v) is 5.27. The van der Waals surface area contributed by atoms with E-state index in [-0.39, 0.29) is 5.97 Å². The molecule has 0 amide bonds. The molecule has 15 heavy (non-hydrogen) atoms. The Hall–Kier alpha value is -1.25. The molecule has 0 rings (SSSR count). The van der Waals surface area contributed by atoms with Crippen molar-refractivity contribution in [1.29, 1.82) is 0 Å². The summed E-state index contributed by atoms with van der Waals surface area (Å²) in [5, 5.41) is 0. The van der Waals surface area contributed by atoms with Gasteiger partial charge in [0.25, 0.3) is 0 Å². The minimum Gasteiger partial charge on any atom is -0.501 e. The second-order valence-corrected chi connectivity index (χ2v) is 3.30. The Bertz CT molecular complexity index is 219. The van der Waals surface area contributed by atoms with Crippen LogP contribution in [-0.4, -0.2) is 19.2 Å². The van der Waals surface area contributed by atoms with E-state index >= 15 is 0 Å². The molecule has 0 aliphatic rings. The van der Waals surface area contributed by atoms with Gasteiger partial charge in [0.15, 0.2) is 0 Å². The van der Waals surface area contributed by atoms with Crippen molar-refractivity contribution in [3.05, 3.63) is 24.5 Å². The number of carbonyl (C=O) groups excluding carboxylic acids is 1. The zero-order chi connectivity index (χ0) is 11.5. The van der Waals surface area contributed by atoms with E-state index in [1.54, 1.807) is 13.2 Å². The number of hydrogen-bond donors (Lipinski definition) is 0. The molecule has 0 radical (unpaired) electrons. The van der Waals surface area contributed by atoms with E-state index in [4.69, 9.17) is 9.47 Å². The Morgan fingerprint density at radius 3 is 2.73 bits per heavy atom. The van der Waals surface area contributed by atoms with E-state index in [0.717, 1.165) is 12.8 Å². The topological polar surface area (TPSA) is 35.5 Å². The van der Waals surface area contributed by atoms with E-state index in [1.165, 1.54) is 0 Å². The number of rotatable bonds is 8. The molecule has 0 aromatic heterocycles. The maximum absolute atomic E-state index is 10.9. The van der Waals surface area contributed by atoms with Gasteiger partial charge >= 0.3 is 5.97 Å². The Morgan fingerprint density at radius 2 is 2.13 bits per heavy atom. The van der Waals surface area contributed by atoms with Crippen LogP contribution in [0.15, 0.2) is 24.5 Å². The van der Waals surface area contributed by atoms with Crippen LogP contribution in [0.3, 0.4) is 0 Å². The smallest absolute Gasteiger partial charge is 0.333 e. The maximum Gasteiger partial charge on any atom is 0.333 e. The van der Waals surface area contributed by atoms with Crippen LogP contribution >= 0.6 is 0 Å². The highest BCUT2D eigenvalue weighted by atomic mass is 16.5. The Morgan fingerprint density at radius 1 is 1.40 bits per heavy atom. The zero-order valence-electron chi connectivity index (χ0n) is 9.62. The first-order chi connectivity index (χ1) is 7.18. The van der Waals surface area contributed by atoms with Crippen molar-refractivity contribution in [1.82, 2.24) is 0 Å². The quantitative estimate of drug-likeness (QED) is 0.268. The van der Waals surface area contributed by atoms with E-state index in [9.17, 15) is 4.79 Å². The fourth-order valence-corrected chi connectivity index (χ4v) is 0.801. The van der Waals surface area contributed by atoms with Gasteiger partial charge in [-0.05, 0) is 19.4 Å². The monoisotopic (exact) mass is 212 g/mol. The fourth-order valence-electron chi connectivity index (χ4n) is 0.801. The first kappa shape index (κ1) is 13.8. The lowest BCUT2D eigenvalue weighted by Crippen LogP contribution is -2.07. The van der Waals surface area contributed by atoms with Crippen LogP contribution in [0.5, 0.6) is 0 Å².